The Hall–Kier alpha value is -3.61. The average Bonchev–Trinajstić information content (AvgIpc) is 3.12. The van der Waals surface area contributed by atoms with Gasteiger partial charge in [0.25, 0.3) is 5.91 Å². The molecule has 3 rings (SSSR count). The molecule has 0 saturated heterocycles. The number of phenols is 1. The summed E-state index contributed by atoms with van der Waals surface area (Å²) in [6.45, 7) is 0. The average molecular weight is 336 g/mol. The summed E-state index contributed by atoms with van der Waals surface area (Å²) in [4.78, 5) is 12.1. The summed E-state index contributed by atoms with van der Waals surface area (Å²) < 4.78 is 5.29. The lowest BCUT2D eigenvalue weighted by atomic mass is 10.1. The lowest BCUT2D eigenvalue weighted by Crippen LogP contribution is -2.17. The number of carbonyl (C=O) groups is 1. The van der Waals surface area contributed by atoms with E-state index in [1.165, 1.54) is 12.3 Å². The highest BCUT2D eigenvalue weighted by atomic mass is 16.5. The summed E-state index contributed by atoms with van der Waals surface area (Å²) in [5, 5.41) is 20.1. The molecule has 0 atom stereocenters. The van der Waals surface area contributed by atoms with Crippen molar-refractivity contribution in [3.8, 4) is 22.8 Å². The van der Waals surface area contributed by atoms with E-state index >= 15 is 0 Å². The van der Waals surface area contributed by atoms with Crippen LogP contribution in [0.4, 0.5) is 0 Å². The fourth-order valence-corrected chi connectivity index (χ4v) is 2.26. The topological polar surface area (TPSA) is 99.6 Å². The third-order valence-corrected chi connectivity index (χ3v) is 3.46. The van der Waals surface area contributed by atoms with E-state index in [1.54, 1.807) is 31.4 Å². The molecule has 7 nitrogen and oxygen atoms in total. The van der Waals surface area contributed by atoms with Crippen LogP contribution in [-0.2, 0) is 0 Å². The van der Waals surface area contributed by atoms with Crippen LogP contribution in [0, 0.1) is 0 Å². The number of para-hydroxylation sites is 1. The second-order valence-electron chi connectivity index (χ2n) is 5.16. The number of aromatic nitrogens is 2. The minimum Gasteiger partial charge on any atom is -0.508 e. The number of methoxy groups -OCH3 is 1. The molecule has 0 radical (unpaired) electrons. The van der Waals surface area contributed by atoms with Gasteiger partial charge in [-0.05, 0) is 35.9 Å². The van der Waals surface area contributed by atoms with Gasteiger partial charge in [-0.25, -0.2) is 5.43 Å². The SMILES string of the molecule is COc1ccccc1-c1cc(C(=O)N/N=C/c2cccc(O)c2)[nH]n1. The van der Waals surface area contributed by atoms with Crippen LogP contribution >= 0.6 is 0 Å². The highest BCUT2D eigenvalue weighted by molar-refractivity contribution is 5.94. The van der Waals surface area contributed by atoms with E-state index in [-0.39, 0.29) is 11.4 Å². The second-order valence-corrected chi connectivity index (χ2v) is 5.16. The molecule has 1 aromatic heterocycles. The number of nitrogens with zero attached hydrogens (tertiary/aromatic N) is 2. The number of aromatic amines is 1. The van der Waals surface area contributed by atoms with Gasteiger partial charge in [-0.2, -0.15) is 10.2 Å². The van der Waals surface area contributed by atoms with Crippen LogP contribution in [0.25, 0.3) is 11.3 Å². The number of hydrazone groups is 1. The monoisotopic (exact) mass is 336 g/mol. The highest BCUT2D eigenvalue weighted by Crippen LogP contribution is 2.28. The van der Waals surface area contributed by atoms with E-state index in [4.69, 9.17) is 4.74 Å². The number of ether oxygens (including phenoxy) is 1. The third kappa shape index (κ3) is 3.84. The summed E-state index contributed by atoms with van der Waals surface area (Å²) in [6, 6.07) is 15.6. The van der Waals surface area contributed by atoms with Crippen LogP contribution < -0.4 is 10.2 Å². The van der Waals surface area contributed by atoms with E-state index < -0.39 is 5.91 Å². The third-order valence-electron chi connectivity index (χ3n) is 3.46. The predicted molar refractivity (Wildman–Crippen MR) is 93.7 cm³/mol. The summed E-state index contributed by atoms with van der Waals surface area (Å²) in [5.74, 6) is 0.373. The zero-order valence-corrected chi connectivity index (χ0v) is 13.4. The standard InChI is InChI=1S/C18H16N4O3/c1-25-17-8-3-2-7-14(17)15-10-16(21-20-15)18(24)22-19-11-12-5-4-6-13(23)9-12/h2-11,23H,1H3,(H,20,21)(H,22,24)/b19-11+. The van der Waals surface area contributed by atoms with Crippen molar-refractivity contribution >= 4 is 12.1 Å². The molecular formula is C18H16N4O3. The number of phenolic OH excluding ortho intramolecular Hbond substituents is 1. The Bertz CT molecular complexity index is 918. The van der Waals surface area contributed by atoms with Gasteiger partial charge in [-0.15, -0.1) is 0 Å². The summed E-state index contributed by atoms with van der Waals surface area (Å²) in [5.41, 5.74) is 4.72. The first kappa shape index (κ1) is 16.3. The Balaban J connectivity index is 1.70. The van der Waals surface area contributed by atoms with E-state index in [0.29, 0.717) is 17.0 Å². The number of aromatic hydroxyl groups is 1. The molecule has 1 amide bonds. The molecule has 0 unspecified atom stereocenters. The van der Waals surface area contributed by atoms with Gasteiger partial charge in [0.1, 0.15) is 17.2 Å². The van der Waals surface area contributed by atoms with Gasteiger partial charge < -0.3 is 9.84 Å². The van der Waals surface area contributed by atoms with Gasteiger partial charge in [0.2, 0.25) is 0 Å². The van der Waals surface area contributed by atoms with E-state index in [1.807, 2.05) is 24.3 Å². The van der Waals surface area contributed by atoms with Crippen LogP contribution in [-0.4, -0.2) is 34.5 Å². The number of hydrogen-bond acceptors (Lipinski definition) is 5. The maximum absolute atomic E-state index is 12.1. The summed E-state index contributed by atoms with van der Waals surface area (Å²) in [6.07, 6.45) is 1.44. The smallest absolute Gasteiger partial charge is 0.289 e. The number of H-pyrrole nitrogens is 1. The first-order valence-corrected chi connectivity index (χ1v) is 7.48. The van der Waals surface area contributed by atoms with Gasteiger partial charge in [-0.1, -0.05) is 24.3 Å². The summed E-state index contributed by atoms with van der Waals surface area (Å²) in [7, 11) is 1.58. The van der Waals surface area contributed by atoms with Crippen LogP contribution in [0.5, 0.6) is 11.5 Å². The lowest BCUT2D eigenvalue weighted by molar-refractivity contribution is 0.0950. The lowest BCUT2D eigenvalue weighted by Gasteiger charge is -2.04. The van der Waals surface area contributed by atoms with Crippen molar-refractivity contribution in [2.45, 2.75) is 0 Å². The molecule has 0 aliphatic rings. The number of nitrogens with one attached hydrogen (secondary N) is 2. The minimum atomic E-state index is -0.426. The number of hydrogen-bond donors (Lipinski definition) is 3. The quantitative estimate of drug-likeness (QED) is 0.492. The van der Waals surface area contributed by atoms with Crippen LogP contribution in [0.2, 0.25) is 0 Å². The Morgan fingerprint density at radius 1 is 1.24 bits per heavy atom. The van der Waals surface area contributed by atoms with Crippen LogP contribution in [0.1, 0.15) is 16.1 Å². The summed E-state index contributed by atoms with van der Waals surface area (Å²) >= 11 is 0. The molecule has 2 aromatic carbocycles. The number of rotatable bonds is 5. The van der Waals surface area contributed by atoms with Crippen molar-refractivity contribution in [1.29, 1.82) is 0 Å². The molecule has 7 heteroatoms. The Morgan fingerprint density at radius 2 is 2.08 bits per heavy atom. The molecular weight excluding hydrogens is 320 g/mol. The first-order chi connectivity index (χ1) is 12.2. The van der Waals surface area contributed by atoms with Crippen molar-refractivity contribution in [3.63, 3.8) is 0 Å². The zero-order valence-electron chi connectivity index (χ0n) is 13.4. The molecule has 3 N–H and O–H groups in total. The van der Waals surface area contributed by atoms with Gasteiger partial charge in [0, 0.05) is 5.56 Å². The van der Waals surface area contributed by atoms with Gasteiger partial charge in [0.15, 0.2) is 0 Å². The Labute approximate surface area is 144 Å². The van der Waals surface area contributed by atoms with Gasteiger partial charge in [0.05, 0.1) is 19.0 Å². The van der Waals surface area contributed by atoms with Crippen molar-refractivity contribution in [3.05, 3.63) is 65.9 Å². The number of amides is 1. The van der Waals surface area contributed by atoms with Crippen LogP contribution in [0.15, 0.2) is 59.7 Å². The van der Waals surface area contributed by atoms with Crippen molar-refractivity contribution < 1.29 is 14.6 Å². The van der Waals surface area contributed by atoms with Gasteiger partial charge in [-0.3, -0.25) is 9.89 Å². The minimum absolute atomic E-state index is 0.130. The maximum Gasteiger partial charge on any atom is 0.289 e. The largest absolute Gasteiger partial charge is 0.508 e. The molecule has 3 aromatic rings. The molecule has 0 aliphatic heterocycles. The maximum atomic E-state index is 12.1. The van der Waals surface area contributed by atoms with Gasteiger partial charge >= 0.3 is 0 Å². The zero-order chi connectivity index (χ0) is 17.6. The first-order valence-electron chi connectivity index (χ1n) is 7.48. The van der Waals surface area contributed by atoms with Crippen molar-refractivity contribution in [2.24, 2.45) is 5.10 Å². The Kier molecular flexibility index (Phi) is 4.75. The normalized spacial score (nSPS) is 10.8. The van der Waals surface area contributed by atoms with E-state index in [2.05, 4.69) is 20.7 Å². The van der Waals surface area contributed by atoms with Crippen molar-refractivity contribution in [2.75, 3.05) is 7.11 Å². The molecule has 126 valence electrons. The Morgan fingerprint density at radius 3 is 2.88 bits per heavy atom. The molecule has 0 fully saturated rings. The molecule has 1 heterocycles. The highest BCUT2D eigenvalue weighted by Gasteiger charge is 2.13. The fourth-order valence-electron chi connectivity index (χ4n) is 2.26. The molecule has 0 aliphatic carbocycles. The number of benzene rings is 2. The molecule has 0 bridgehead atoms. The molecule has 25 heavy (non-hydrogen) atoms. The molecule has 0 spiro atoms. The van der Waals surface area contributed by atoms with E-state index in [0.717, 1.165) is 5.56 Å². The predicted octanol–water partition coefficient (Wildman–Crippen LogP) is 2.55. The second kappa shape index (κ2) is 7.31. The molecule has 0 saturated carbocycles. The van der Waals surface area contributed by atoms with E-state index in [9.17, 15) is 9.90 Å². The van der Waals surface area contributed by atoms with Crippen molar-refractivity contribution in [1.82, 2.24) is 15.6 Å². The van der Waals surface area contributed by atoms with Crippen LogP contribution in [0.3, 0.4) is 0 Å². The number of carbonyl (C=O) groups excluding carboxylic acids is 1. The fraction of sp³-hybridized carbons (Fsp3) is 0.0556.